The van der Waals surface area contributed by atoms with Crippen molar-refractivity contribution in [3.05, 3.63) is 94.2 Å². The summed E-state index contributed by atoms with van der Waals surface area (Å²) < 4.78 is 17.5. The highest BCUT2D eigenvalue weighted by molar-refractivity contribution is 5.74. The van der Waals surface area contributed by atoms with E-state index in [0.717, 1.165) is 97.4 Å². The van der Waals surface area contributed by atoms with Gasteiger partial charge in [-0.1, -0.05) is 12.1 Å². The Morgan fingerprint density at radius 2 is 1.80 bits per heavy atom. The number of morpholine rings is 1. The van der Waals surface area contributed by atoms with Crippen LogP contribution in [0.3, 0.4) is 0 Å². The first-order valence-corrected chi connectivity index (χ1v) is 14.2. The van der Waals surface area contributed by atoms with E-state index < -0.39 is 0 Å². The number of pyridine rings is 1. The molecule has 8 nitrogen and oxygen atoms in total. The third kappa shape index (κ3) is 5.24. The molecule has 0 saturated carbocycles. The van der Waals surface area contributed by atoms with Crippen molar-refractivity contribution in [1.29, 1.82) is 0 Å². The van der Waals surface area contributed by atoms with Gasteiger partial charge in [-0.05, 0) is 60.9 Å². The molecule has 0 spiro atoms. The molecule has 0 bridgehead atoms. The number of fused-ring (bicyclic) bond motifs is 2. The van der Waals surface area contributed by atoms with Gasteiger partial charge >= 0.3 is 0 Å². The van der Waals surface area contributed by atoms with E-state index in [1.165, 1.54) is 5.56 Å². The van der Waals surface area contributed by atoms with Gasteiger partial charge in [-0.15, -0.1) is 0 Å². The Morgan fingerprint density at radius 3 is 2.62 bits per heavy atom. The summed E-state index contributed by atoms with van der Waals surface area (Å²) >= 11 is 0. The SMILES string of the molecule is O=c1cc(N2CCOCC2)cc(-c2cccc3c2Oc2ccc(NC4CCN(Cc5ccco5)CC4)cc2C3)[nH]1. The number of ether oxygens (including phenoxy) is 2. The summed E-state index contributed by atoms with van der Waals surface area (Å²) in [5, 5.41) is 3.76. The van der Waals surface area contributed by atoms with Crippen molar-refractivity contribution in [2.45, 2.75) is 31.8 Å². The van der Waals surface area contributed by atoms with Crippen LogP contribution in [-0.2, 0) is 17.7 Å². The molecular weight excluding hydrogens is 504 g/mol. The first-order valence-electron chi connectivity index (χ1n) is 14.2. The number of furan rings is 1. The Labute approximate surface area is 233 Å². The van der Waals surface area contributed by atoms with Gasteiger partial charge in [-0.25, -0.2) is 0 Å². The number of rotatable bonds is 6. The van der Waals surface area contributed by atoms with Crippen LogP contribution in [0.25, 0.3) is 11.3 Å². The van der Waals surface area contributed by atoms with Crippen LogP contribution in [-0.4, -0.2) is 55.3 Å². The number of benzene rings is 2. The zero-order valence-corrected chi connectivity index (χ0v) is 22.5. The average molecular weight is 539 g/mol. The Balaban J connectivity index is 1.06. The first kappa shape index (κ1) is 25.0. The molecule has 0 amide bonds. The minimum absolute atomic E-state index is 0.115. The van der Waals surface area contributed by atoms with E-state index in [1.54, 1.807) is 12.3 Å². The van der Waals surface area contributed by atoms with E-state index in [2.05, 4.69) is 44.4 Å². The normalized spacial score (nSPS) is 17.6. The summed E-state index contributed by atoms with van der Waals surface area (Å²) in [6.07, 6.45) is 4.72. The Bertz CT molecular complexity index is 1530. The predicted molar refractivity (Wildman–Crippen MR) is 155 cm³/mol. The van der Waals surface area contributed by atoms with Crippen molar-refractivity contribution in [2.24, 2.45) is 0 Å². The van der Waals surface area contributed by atoms with Gasteiger partial charge in [0.15, 0.2) is 0 Å². The fourth-order valence-electron chi connectivity index (χ4n) is 6.05. The lowest BCUT2D eigenvalue weighted by Crippen LogP contribution is -2.38. The number of anilines is 2. The number of nitrogens with zero attached hydrogens (tertiary/aromatic N) is 2. The van der Waals surface area contributed by atoms with Gasteiger partial charge in [0.05, 0.1) is 31.7 Å². The highest BCUT2D eigenvalue weighted by atomic mass is 16.5. The molecule has 2 N–H and O–H groups in total. The molecule has 0 atom stereocenters. The maximum atomic E-state index is 12.6. The van der Waals surface area contributed by atoms with Crippen LogP contribution >= 0.6 is 0 Å². The standard InChI is InChI=1S/C32H34N4O4/c37-31-20-26(36-12-15-38-16-13-36)19-29(34-31)28-5-1-3-22-17-23-18-25(6-7-30(23)40-32(22)28)33-24-8-10-35(11-9-24)21-27-4-2-14-39-27/h1-7,14,18-20,24,33H,8-13,15-17,21H2,(H,34,37). The lowest BCUT2D eigenvalue weighted by molar-refractivity contribution is 0.122. The maximum Gasteiger partial charge on any atom is 0.250 e. The molecule has 7 rings (SSSR count). The molecule has 40 heavy (non-hydrogen) atoms. The summed E-state index contributed by atoms with van der Waals surface area (Å²) in [5.41, 5.74) is 5.89. The van der Waals surface area contributed by atoms with Gasteiger partial charge in [-0.3, -0.25) is 9.69 Å². The molecule has 2 aromatic heterocycles. The summed E-state index contributed by atoms with van der Waals surface area (Å²) in [6.45, 7) is 5.88. The van der Waals surface area contributed by atoms with E-state index in [0.29, 0.717) is 19.3 Å². The molecule has 3 aliphatic rings. The van der Waals surface area contributed by atoms with Gasteiger partial charge in [0, 0.05) is 67.2 Å². The van der Waals surface area contributed by atoms with Crippen LogP contribution < -0.4 is 20.5 Å². The topological polar surface area (TPSA) is 83.0 Å². The highest BCUT2D eigenvalue weighted by Crippen LogP contribution is 2.43. The molecule has 2 aromatic carbocycles. The molecule has 3 aliphatic heterocycles. The molecule has 0 aliphatic carbocycles. The van der Waals surface area contributed by atoms with Crippen LogP contribution in [0.4, 0.5) is 11.4 Å². The molecule has 4 aromatic rings. The van der Waals surface area contributed by atoms with Gasteiger partial charge in [0.1, 0.15) is 17.3 Å². The fraction of sp³-hybridized carbons (Fsp3) is 0.344. The summed E-state index contributed by atoms with van der Waals surface area (Å²) in [4.78, 5) is 20.3. The lowest BCUT2D eigenvalue weighted by Gasteiger charge is -2.32. The molecule has 2 fully saturated rings. The van der Waals surface area contributed by atoms with Crippen molar-refractivity contribution in [2.75, 3.05) is 49.6 Å². The van der Waals surface area contributed by atoms with Gasteiger partial charge in [-0.2, -0.15) is 0 Å². The van der Waals surface area contributed by atoms with Gasteiger partial charge < -0.3 is 29.1 Å². The van der Waals surface area contributed by atoms with Crippen molar-refractivity contribution < 1.29 is 13.9 Å². The Kier molecular flexibility index (Phi) is 6.79. The van der Waals surface area contributed by atoms with Crippen molar-refractivity contribution in [3.63, 3.8) is 0 Å². The second-order valence-corrected chi connectivity index (χ2v) is 10.9. The van der Waals surface area contributed by atoms with Crippen LogP contribution in [0.5, 0.6) is 11.5 Å². The highest BCUT2D eigenvalue weighted by Gasteiger charge is 2.24. The van der Waals surface area contributed by atoms with Gasteiger partial charge in [0.2, 0.25) is 5.56 Å². The monoisotopic (exact) mass is 538 g/mol. The predicted octanol–water partition coefficient (Wildman–Crippen LogP) is 5.24. The van der Waals surface area contributed by atoms with Crippen LogP contribution in [0, 0.1) is 0 Å². The lowest BCUT2D eigenvalue weighted by atomic mass is 9.96. The number of piperidine rings is 1. The zero-order valence-electron chi connectivity index (χ0n) is 22.5. The van der Waals surface area contributed by atoms with Crippen molar-refractivity contribution >= 4 is 11.4 Å². The number of H-pyrrole nitrogens is 1. The molecule has 5 heterocycles. The van der Waals surface area contributed by atoms with Crippen LogP contribution in [0.1, 0.15) is 29.7 Å². The number of aromatic nitrogens is 1. The Morgan fingerprint density at radius 1 is 0.925 bits per heavy atom. The van der Waals surface area contributed by atoms with Crippen LogP contribution in [0.2, 0.25) is 0 Å². The van der Waals surface area contributed by atoms with Crippen molar-refractivity contribution in [1.82, 2.24) is 9.88 Å². The summed E-state index contributed by atoms with van der Waals surface area (Å²) in [7, 11) is 0. The van der Waals surface area contributed by atoms with Gasteiger partial charge in [0.25, 0.3) is 0 Å². The summed E-state index contributed by atoms with van der Waals surface area (Å²) in [5.74, 6) is 2.71. The third-order valence-electron chi connectivity index (χ3n) is 8.16. The number of aromatic amines is 1. The minimum atomic E-state index is -0.115. The molecule has 206 valence electrons. The second-order valence-electron chi connectivity index (χ2n) is 10.9. The largest absolute Gasteiger partial charge is 0.468 e. The molecule has 0 radical (unpaired) electrons. The smallest absolute Gasteiger partial charge is 0.250 e. The maximum absolute atomic E-state index is 12.6. The quantitative estimate of drug-likeness (QED) is 0.306. The number of nitrogens with one attached hydrogen (secondary N) is 2. The number of hydrogen-bond donors (Lipinski definition) is 2. The van der Waals surface area contributed by atoms with E-state index in [1.807, 2.05) is 30.3 Å². The number of para-hydroxylation sites is 1. The van der Waals surface area contributed by atoms with E-state index in [4.69, 9.17) is 13.9 Å². The molecule has 2 saturated heterocycles. The molecule has 0 unspecified atom stereocenters. The first-order chi connectivity index (χ1) is 19.7. The zero-order chi connectivity index (χ0) is 26.9. The van der Waals surface area contributed by atoms with E-state index in [-0.39, 0.29) is 5.56 Å². The van der Waals surface area contributed by atoms with E-state index >= 15 is 0 Å². The minimum Gasteiger partial charge on any atom is -0.468 e. The Hall–Kier alpha value is -4.01. The van der Waals surface area contributed by atoms with E-state index in [9.17, 15) is 4.79 Å². The second kappa shape index (κ2) is 10.9. The summed E-state index contributed by atoms with van der Waals surface area (Å²) in [6, 6.07) is 20.7. The molecular formula is C32H34N4O4. The van der Waals surface area contributed by atoms with Crippen LogP contribution in [0.15, 0.2) is 76.1 Å². The fourth-order valence-corrected chi connectivity index (χ4v) is 6.05. The average Bonchev–Trinajstić information content (AvgIpc) is 3.50. The third-order valence-corrected chi connectivity index (χ3v) is 8.16. The van der Waals surface area contributed by atoms with Crippen molar-refractivity contribution in [3.8, 4) is 22.8 Å². The number of likely N-dealkylation sites (tertiary alicyclic amines) is 1. The number of hydrogen-bond acceptors (Lipinski definition) is 7. The molecule has 8 heteroatoms.